The highest BCUT2D eigenvalue weighted by molar-refractivity contribution is 5.79. The average Bonchev–Trinajstić information content (AvgIpc) is 0.726. The molecule has 26 nitrogen and oxygen atoms in total. The Morgan fingerprint density at radius 3 is 1.82 bits per heavy atom. The topological polar surface area (TPSA) is 413 Å². The molecule has 0 aromatic heterocycles. The molecule has 482 valence electrons. The van der Waals surface area contributed by atoms with E-state index in [9.17, 15) is 76.6 Å². The fraction of sp³-hybridized carbons (Fsp3) is 0.948. The average molecular weight is 1210 g/mol. The molecule has 0 unspecified atom stereocenters. The summed E-state index contributed by atoms with van der Waals surface area (Å²) in [5.74, 6) is -0.880. The van der Waals surface area contributed by atoms with E-state index < -0.39 is 189 Å². The maximum absolute atomic E-state index is 15.1. The lowest BCUT2D eigenvalue weighted by Crippen LogP contribution is -2.67. The van der Waals surface area contributed by atoms with Crippen molar-refractivity contribution >= 4 is 5.97 Å². The first-order valence-corrected chi connectivity index (χ1v) is 30.2. The minimum absolute atomic E-state index is 0.0990. The van der Waals surface area contributed by atoms with Crippen molar-refractivity contribution in [1.82, 2.24) is 0 Å². The molecule has 5 saturated heterocycles. The Bertz CT molecular complexity index is 2330. The Morgan fingerprint density at radius 1 is 0.548 bits per heavy atom. The van der Waals surface area contributed by atoms with Crippen molar-refractivity contribution in [2.75, 3.05) is 33.0 Å². The lowest BCUT2D eigenvalue weighted by molar-refractivity contribution is -0.379. The number of hydrogen-bond acceptors (Lipinski definition) is 26. The summed E-state index contributed by atoms with van der Waals surface area (Å²) in [6, 6.07) is 0. The summed E-state index contributed by atoms with van der Waals surface area (Å²) >= 11 is 0. The lowest BCUT2D eigenvalue weighted by atomic mass is 9.33. The highest BCUT2D eigenvalue weighted by atomic mass is 16.8. The molecule has 0 bridgehead atoms. The minimum atomic E-state index is -1.90. The lowest BCUT2D eigenvalue weighted by Gasteiger charge is -2.71. The van der Waals surface area contributed by atoms with Crippen LogP contribution in [0.3, 0.4) is 0 Å². The summed E-state index contributed by atoms with van der Waals surface area (Å²) in [5, 5.41) is 162. The van der Waals surface area contributed by atoms with Crippen LogP contribution in [0.15, 0.2) is 11.6 Å². The Labute approximate surface area is 488 Å². The molecule has 4 saturated carbocycles. The van der Waals surface area contributed by atoms with Gasteiger partial charge in [0.25, 0.3) is 0 Å². The maximum atomic E-state index is 15.1. The number of rotatable bonds is 13. The van der Waals surface area contributed by atoms with Gasteiger partial charge in [-0.25, -0.2) is 0 Å². The predicted octanol–water partition coefficient (Wildman–Crippen LogP) is -2.93. The van der Waals surface area contributed by atoms with Crippen molar-refractivity contribution in [1.29, 1.82) is 0 Å². The Morgan fingerprint density at radius 2 is 1.14 bits per heavy atom. The summed E-state index contributed by atoms with van der Waals surface area (Å²) in [6.07, 6.45) is -28.8. The number of aliphatic hydroxyl groups is 15. The van der Waals surface area contributed by atoms with Crippen molar-refractivity contribution in [3.05, 3.63) is 11.6 Å². The molecular weight excluding hydrogens is 1110 g/mol. The van der Waals surface area contributed by atoms with Gasteiger partial charge in [0, 0.05) is 5.41 Å². The number of carbonyl (C=O) groups excluding carboxylic acids is 1. The van der Waals surface area contributed by atoms with Crippen LogP contribution in [0, 0.1) is 50.2 Å². The zero-order chi connectivity index (χ0) is 61.1. The van der Waals surface area contributed by atoms with E-state index in [4.69, 9.17) is 47.4 Å². The van der Waals surface area contributed by atoms with E-state index >= 15 is 4.79 Å². The summed E-state index contributed by atoms with van der Waals surface area (Å²) in [6.45, 7) is 12.3. The van der Waals surface area contributed by atoms with Crippen molar-refractivity contribution in [3.63, 3.8) is 0 Å². The van der Waals surface area contributed by atoms with Gasteiger partial charge in [-0.05, 0) is 111 Å². The fourth-order valence-corrected chi connectivity index (χ4v) is 17.4. The largest absolute Gasteiger partial charge is 0.432 e. The first-order chi connectivity index (χ1) is 39.4. The SMILES string of the molecule is C[C@@H]1O[C@H](O[C@@H]2[C@@H](O[C@H]3CC[C@@]4(C)[C@@H](CC[C@]5(C)[C@@H]4CC=C4[C@H]6CC(C)(C)CC[C@@]6(C(=O)O[C@H]6O[C@@H](CO)[C@H](O[C@H]7O[C@@H](CO)[C@H](O)[C@@H](O)[C@@H]7O)[C@@H](O)[C@@H]6O)CC[C@]45C)[C@]3(C)CO)OC[C@H](O)[C@H]2O)[C@@H](O)[C@H](O[C@H]2OC[C@H](O)[C@@H](O)[C@@H]2O)[C@H]1O. The Hall–Kier alpha value is -1.75. The van der Waals surface area contributed by atoms with E-state index in [-0.39, 0.29) is 47.2 Å². The van der Waals surface area contributed by atoms with Gasteiger partial charge in [-0.3, -0.25) is 4.79 Å². The predicted molar refractivity (Wildman–Crippen MR) is 283 cm³/mol. The smallest absolute Gasteiger partial charge is 0.315 e. The van der Waals surface area contributed by atoms with Crippen LogP contribution in [0.5, 0.6) is 0 Å². The van der Waals surface area contributed by atoms with Gasteiger partial charge < -0.3 is 124 Å². The maximum Gasteiger partial charge on any atom is 0.315 e. The third-order valence-corrected chi connectivity index (χ3v) is 22.9. The van der Waals surface area contributed by atoms with E-state index in [0.29, 0.717) is 57.8 Å². The first kappa shape index (κ1) is 65.2. The molecule has 10 aliphatic rings. The van der Waals surface area contributed by atoms with Crippen molar-refractivity contribution in [2.45, 2.75) is 260 Å². The number of fused-ring (bicyclic) bond motifs is 7. The molecule has 0 radical (unpaired) electrons. The van der Waals surface area contributed by atoms with Gasteiger partial charge in [-0.2, -0.15) is 0 Å². The van der Waals surface area contributed by atoms with Crippen LogP contribution in [-0.4, -0.2) is 263 Å². The second-order valence-electron chi connectivity index (χ2n) is 28.0. The van der Waals surface area contributed by atoms with Crippen molar-refractivity contribution < 1.29 is 129 Å². The van der Waals surface area contributed by atoms with Crippen LogP contribution in [0.25, 0.3) is 0 Å². The summed E-state index contributed by atoms with van der Waals surface area (Å²) in [5.41, 5.74) is -1.98. The van der Waals surface area contributed by atoms with Gasteiger partial charge in [0.1, 0.15) is 104 Å². The first-order valence-electron chi connectivity index (χ1n) is 30.2. The van der Waals surface area contributed by atoms with Gasteiger partial charge in [0.2, 0.25) is 6.29 Å². The Kier molecular flexibility index (Phi) is 18.7. The highest BCUT2D eigenvalue weighted by Crippen LogP contribution is 2.76. The molecule has 0 aromatic rings. The molecule has 0 amide bonds. The third-order valence-electron chi connectivity index (χ3n) is 22.9. The monoisotopic (exact) mass is 1210 g/mol. The van der Waals surface area contributed by atoms with E-state index in [1.165, 1.54) is 12.5 Å². The molecule has 15 N–H and O–H groups in total. The van der Waals surface area contributed by atoms with E-state index in [0.717, 1.165) is 6.42 Å². The molecule has 84 heavy (non-hydrogen) atoms. The normalized spacial score (nSPS) is 54.9. The van der Waals surface area contributed by atoms with Crippen LogP contribution in [0.2, 0.25) is 0 Å². The standard InChI is InChI=1S/C58H94O26/c1-24-34(64)45(82-47-40(70)35(65)27(62)21-75-47)43(73)50(77-24)83-46-36(66)28(63)22-76-51(46)80-33-11-12-54(4)31(55(33,5)23-61)10-13-57(7)32(54)9-8-25-26-18-53(2,3)14-16-58(26,17-15-56(25,57)6)52(74)84-49-42(72)39(69)44(30(20-60)79-49)81-48-41(71)38(68)37(67)29(19-59)78-48/h8,24,26-51,59-73H,9-23H2,1-7H3/t24-,26+,27-,28-,29-,30-,31+,32+,33-,34-,35+,36+,37-,38+,39-,40-,41-,42-,43-,44-,45+,46-,47+,48+,49+,50+,51+,54-,55-,56+,57+,58+/m0/s1. The number of esters is 1. The van der Waals surface area contributed by atoms with Crippen molar-refractivity contribution in [2.24, 2.45) is 50.2 Å². The second kappa shape index (κ2) is 24.1. The molecule has 5 heterocycles. The quantitative estimate of drug-likeness (QED) is 0.0499. The van der Waals surface area contributed by atoms with Crippen LogP contribution in [0.4, 0.5) is 0 Å². The second-order valence-corrected chi connectivity index (χ2v) is 28.0. The molecule has 5 aliphatic carbocycles. The number of ether oxygens (including phenoxy) is 10. The molecule has 5 aliphatic heterocycles. The highest BCUT2D eigenvalue weighted by Gasteiger charge is 2.71. The van der Waals surface area contributed by atoms with E-state index in [1.807, 2.05) is 6.92 Å². The van der Waals surface area contributed by atoms with Crippen LogP contribution in [0.1, 0.15) is 113 Å². The van der Waals surface area contributed by atoms with Crippen LogP contribution in [-0.2, 0) is 52.2 Å². The molecule has 9 fully saturated rings. The number of hydrogen-bond donors (Lipinski definition) is 15. The zero-order valence-electron chi connectivity index (χ0n) is 49.0. The summed E-state index contributed by atoms with van der Waals surface area (Å²) < 4.78 is 59.6. The van der Waals surface area contributed by atoms with Crippen LogP contribution < -0.4 is 0 Å². The molecule has 0 aromatic carbocycles. The van der Waals surface area contributed by atoms with Gasteiger partial charge in [-0.1, -0.05) is 53.2 Å². The Balaban J connectivity index is 0.852. The van der Waals surface area contributed by atoms with Gasteiger partial charge in [-0.15, -0.1) is 0 Å². The van der Waals surface area contributed by atoms with Gasteiger partial charge in [0.05, 0.1) is 50.7 Å². The molecule has 10 rings (SSSR count). The van der Waals surface area contributed by atoms with Gasteiger partial charge in [0.15, 0.2) is 25.2 Å². The fourth-order valence-electron chi connectivity index (χ4n) is 17.4. The summed E-state index contributed by atoms with van der Waals surface area (Å²) in [4.78, 5) is 15.1. The summed E-state index contributed by atoms with van der Waals surface area (Å²) in [7, 11) is 0. The van der Waals surface area contributed by atoms with Gasteiger partial charge >= 0.3 is 5.97 Å². The third kappa shape index (κ3) is 10.8. The molecule has 26 heteroatoms. The zero-order valence-corrected chi connectivity index (χ0v) is 49.0. The number of carbonyl (C=O) groups is 1. The molecule has 0 spiro atoms. The molecule has 32 atom stereocenters. The van der Waals surface area contributed by atoms with Crippen molar-refractivity contribution in [3.8, 4) is 0 Å². The van der Waals surface area contributed by atoms with E-state index in [1.54, 1.807) is 0 Å². The van der Waals surface area contributed by atoms with E-state index in [2.05, 4.69) is 40.7 Å². The molecular formula is C58H94O26. The van der Waals surface area contributed by atoms with Crippen LogP contribution >= 0.6 is 0 Å². The number of aliphatic hydroxyl groups excluding tert-OH is 15. The minimum Gasteiger partial charge on any atom is -0.432 e. The number of allylic oxidation sites excluding steroid dienone is 2.